The van der Waals surface area contributed by atoms with Gasteiger partial charge in [-0.2, -0.15) is 0 Å². The first-order chi connectivity index (χ1) is 6.27. The highest BCUT2D eigenvalue weighted by Gasteiger charge is 2.22. The third-order valence-electron chi connectivity index (χ3n) is 2.09. The molecule has 0 spiro atoms. The number of aromatic carboxylic acids is 1. The Hall–Kier alpha value is -1.36. The van der Waals surface area contributed by atoms with Crippen molar-refractivity contribution in [3.05, 3.63) is 17.5 Å². The zero-order valence-electron chi connectivity index (χ0n) is 6.90. The van der Waals surface area contributed by atoms with Crippen molar-refractivity contribution in [2.24, 2.45) is 0 Å². The van der Waals surface area contributed by atoms with Crippen molar-refractivity contribution < 1.29 is 19.2 Å². The first-order valence-corrected chi connectivity index (χ1v) is 4.05. The average molecular weight is 183 g/mol. The Bertz CT molecular complexity index is 314. The van der Waals surface area contributed by atoms with Crippen LogP contribution in [-0.4, -0.2) is 29.4 Å². The smallest absolute Gasteiger partial charge is 0.374 e. The largest absolute Gasteiger partial charge is 0.475 e. The molecule has 1 fully saturated rings. The Morgan fingerprint density at radius 1 is 1.69 bits per heavy atom. The summed E-state index contributed by atoms with van der Waals surface area (Å²) in [5, 5.41) is 12.3. The number of ether oxygens (including phenoxy) is 1. The summed E-state index contributed by atoms with van der Waals surface area (Å²) < 4.78 is 9.79. The fourth-order valence-electron chi connectivity index (χ4n) is 1.35. The van der Waals surface area contributed by atoms with Crippen molar-refractivity contribution >= 4 is 5.97 Å². The molecule has 70 valence electrons. The lowest BCUT2D eigenvalue weighted by molar-refractivity contribution is 0.0652. The maximum atomic E-state index is 10.5. The van der Waals surface area contributed by atoms with E-state index in [2.05, 4.69) is 9.68 Å². The second-order valence-corrected chi connectivity index (χ2v) is 2.98. The molecule has 0 unspecified atom stereocenters. The van der Waals surface area contributed by atoms with Gasteiger partial charge in [-0.25, -0.2) is 4.79 Å². The van der Waals surface area contributed by atoms with E-state index >= 15 is 0 Å². The number of rotatable bonds is 2. The van der Waals surface area contributed by atoms with Crippen LogP contribution in [0.1, 0.15) is 28.6 Å². The van der Waals surface area contributed by atoms with Gasteiger partial charge in [0.15, 0.2) is 0 Å². The van der Waals surface area contributed by atoms with Gasteiger partial charge >= 0.3 is 5.97 Å². The van der Waals surface area contributed by atoms with Crippen molar-refractivity contribution in [3.63, 3.8) is 0 Å². The molecule has 5 nitrogen and oxygen atoms in total. The van der Waals surface area contributed by atoms with Crippen LogP contribution in [0.25, 0.3) is 0 Å². The van der Waals surface area contributed by atoms with E-state index in [-0.39, 0.29) is 11.7 Å². The summed E-state index contributed by atoms with van der Waals surface area (Å²) in [6, 6.07) is 1.46. The first-order valence-electron chi connectivity index (χ1n) is 4.05. The molecule has 1 saturated heterocycles. The summed E-state index contributed by atoms with van der Waals surface area (Å²) in [5.74, 6) is -1.00. The quantitative estimate of drug-likeness (QED) is 0.736. The SMILES string of the molecule is O=C(O)c1cc([C@@H]2CCOC2)no1. The summed E-state index contributed by atoms with van der Waals surface area (Å²) in [6.07, 6.45) is 0.881. The molecule has 1 aliphatic heterocycles. The second-order valence-electron chi connectivity index (χ2n) is 2.98. The van der Waals surface area contributed by atoms with E-state index in [0.29, 0.717) is 18.9 Å². The molecule has 1 aromatic heterocycles. The molecule has 0 bridgehead atoms. The number of carbonyl (C=O) groups is 1. The molecule has 0 aliphatic carbocycles. The highest BCUT2D eigenvalue weighted by atomic mass is 16.5. The zero-order valence-corrected chi connectivity index (χ0v) is 6.90. The van der Waals surface area contributed by atoms with Crippen LogP contribution >= 0.6 is 0 Å². The Balaban J connectivity index is 2.16. The number of hydrogen-bond acceptors (Lipinski definition) is 4. The molecule has 0 aromatic carbocycles. The molecule has 1 aromatic rings. The molecule has 13 heavy (non-hydrogen) atoms. The highest BCUT2D eigenvalue weighted by molar-refractivity contribution is 5.84. The van der Waals surface area contributed by atoms with E-state index in [1.165, 1.54) is 6.07 Å². The van der Waals surface area contributed by atoms with Gasteiger partial charge in [0.25, 0.3) is 0 Å². The summed E-state index contributed by atoms with van der Waals surface area (Å²) in [7, 11) is 0. The lowest BCUT2D eigenvalue weighted by Crippen LogP contribution is -1.97. The summed E-state index contributed by atoms with van der Waals surface area (Å²) in [6.45, 7) is 1.31. The molecule has 2 heterocycles. The predicted molar refractivity (Wildman–Crippen MR) is 41.6 cm³/mol. The van der Waals surface area contributed by atoms with Gasteiger partial charge < -0.3 is 14.4 Å². The van der Waals surface area contributed by atoms with Crippen molar-refractivity contribution in [2.45, 2.75) is 12.3 Å². The monoisotopic (exact) mass is 183 g/mol. The predicted octanol–water partition coefficient (Wildman–Crippen LogP) is 0.877. The minimum atomic E-state index is -1.09. The van der Waals surface area contributed by atoms with E-state index < -0.39 is 5.97 Å². The molecule has 1 aliphatic rings. The van der Waals surface area contributed by atoms with Crippen LogP contribution in [0.3, 0.4) is 0 Å². The third kappa shape index (κ3) is 1.55. The Kier molecular flexibility index (Phi) is 2.02. The van der Waals surface area contributed by atoms with Gasteiger partial charge in [-0.05, 0) is 6.42 Å². The van der Waals surface area contributed by atoms with E-state index in [0.717, 1.165) is 6.42 Å². The van der Waals surface area contributed by atoms with Gasteiger partial charge in [0.2, 0.25) is 5.76 Å². The molecule has 0 radical (unpaired) electrons. The standard InChI is InChI=1S/C8H9NO4/c10-8(11)7-3-6(9-13-7)5-1-2-12-4-5/h3,5H,1-2,4H2,(H,10,11)/t5-/m1/s1. The van der Waals surface area contributed by atoms with Crippen LogP contribution < -0.4 is 0 Å². The Labute approximate surface area is 74.3 Å². The lowest BCUT2D eigenvalue weighted by Gasteiger charge is -1.98. The maximum absolute atomic E-state index is 10.5. The molecule has 1 atom stereocenters. The Morgan fingerprint density at radius 2 is 2.54 bits per heavy atom. The number of nitrogens with zero attached hydrogens (tertiary/aromatic N) is 1. The van der Waals surface area contributed by atoms with E-state index in [1.807, 2.05) is 0 Å². The fourth-order valence-corrected chi connectivity index (χ4v) is 1.35. The fraction of sp³-hybridized carbons (Fsp3) is 0.500. The Morgan fingerprint density at radius 3 is 3.08 bits per heavy atom. The molecule has 0 saturated carbocycles. The topological polar surface area (TPSA) is 72.6 Å². The molecule has 0 amide bonds. The van der Waals surface area contributed by atoms with Gasteiger partial charge in [-0.1, -0.05) is 5.16 Å². The first kappa shape index (κ1) is 8.25. The normalized spacial score (nSPS) is 22.0. The van der Waals surface area contributed by atoms with E-state index in [1.54, 1.807) is 0 Å². The summed E-state index contributed by atoms with van der Waals surface area (Å²) in [5.41, 5.74) is 0.676. The number of carboxylic acids is 1. The zero-order chi connectivity index (χ0) is 9.26. The van der Waals surface area contributed by atoms with Gasteiger partial charge in [0.1, 0.15) is 0 Å². The number of aromatic nitrogens is 1. The lowest BCUT2D eigenvalue weighted by atomic mass is 10.1. The van der Waals surface area contributed by atoms with Gasteiger partial charge in [0, 0.05) is 18.6 Å². The van der Waals surface area contributed by atoms with Crippen molar-refractivity contribution in [1.29, 1.82) is 0 Å². The molecular weight excluding hydrogens is 174 g/mol. The second kappa shape index (κ2) is 3.18. The molecule has 5 heteroatoms. The van der Waals surface area contributed by atoms with Crippen LogP contribution in [0.5, 0.6) is 0 Å². The van der Waals surface area contributed by atoms with Crippen LogP contribution in [-0.2, 0) is 4.74 Å². The minimum Gasteiger partial charge on any atom is -0.475 e. The van der Waals surface area contributed by atoms with Crippen molar-refractivity contribution in [2.75, 3.05) is 13.2 Å². The van der Waals surface area contributed by atoms with Crippen LogP contribution in [0.4, 0.5) is 0 Å². The van der Waals surface area contributed by atoms with Crippen LogP contribution in [0.2, 0.25) is 0 Å². The van der Waals surface area contributed by atoms with Gasteiger partial charge in [-0.15, -0.1) is 0 Å². The van der Waals surface area contributed by atoms with Gasteiger partial charge in [-0.3, -0.25) is 0 Å². The molecule has 1 N–H and O–H groups in total. The maximum Gasteiger partial charge on any atom is 0.374 e. The van der Waals surface area contributed by atoms with Gasteiger partial charge in [0.05, 0.1) is 12.3 Å². The van der Waals surface area contributed by atoms with E-state index in [9.17, 15) is 4.79 Å². The molecular formula is C8H9NO4. The third-order valence-corrected chi connectivity index (χ3v) is 2.09. The van der Waals surface area contributed by atoms with Crippen molar-refractivity contribution in [1.82, 2.24) is 5.16 Å². The molecule has 2 rings (SSSR count). The number of hydrogen-bond donors (Lipinski definition) is 1. The highest BCUT2D eigenvalue weighted by Crippen LogP contribution is 2.24. The number of carboxylic acid groups (broad SMARTS) is 1. The van der Waals surface area contributed by atoms with E-state index in [4.69, 9.17) is 9.84 Å². The van der Waals surface area contributed by atoms with Crippen molar-refractivity contribution in [3.8, 4) is 0 Å². The average Bonchev–Trinajstić information content (AvgIpc) is 2.75. The minimum absolute atomic E-state index is 0.109. The summed E-state index contributed by atoms with van der Waals surface area (Å²) in [4.78, 5) is 10.5. The summed E-state index contributed by atoms with van der Waals surface area (Å²) >= 11 is 0. The van der Waals surface area contributed by atoms with Crippen LogP contribution in [0, 0.1) is 0 Å². The van der Waals surface area contributed by atoms with Crippen LogP contribution in [0.15, 0.2) is 10.6 Å².